The van der Waals surface area contributed by atoms with Crippen LogP contribution in [0.2, 0.25) is 0 Å². The van der Waals surface area contributed by atoms with Crippen molar-refractivity contribution in [2.45, 2.75) is 46.1 Å². The lowest BCUT2D eigenvalue weighted by molar-refractivity contribution is -0.149. The molecule has 1 heterocycles. The van der Waals surface area contributed by atoms with Gasteiger partial charge in [0.2, 0.25) is 5.91 Å². The molecule has 0 aromatic heterocycles. The van der Waals surface area contributed by atoms with Crippen molar-refractivity contribution >= 4 is 29.5 Å². The molecule has 1 aliphatic rings. The lowest BCUT2D eigenvalue weighted by Gasteiger charge is -2.32. The van der Waals surface area contributed by atoms with Crippen LogP contribution < -0.4 is 5.32 Å². The molecule has 0 radical (unpaired) electrons. The number of ether oxygens (including phenoxy) is 1. The van der Waals surface area contributed by atoms with E-state index in [4.69, 9.17) is 4.74 Å². The van der Waals surface area contributed by atoms with Gasteiger partial charge in [-0.1, -0.05) is 56.3 Å². The topological polar surface area (TPSA) is 75.7 Å². The predicted molar refractivity (Wildman–Crippen MR) is 120 cm³/mol. The van der Waals surface area contributed by atoms with E-state index in [0.717, 1.165) is 40.8 Å². The first-order valence-electron chi connectivity index (χ1n) is 10.6. The van der Waals surface area contributed by atoms with Crippen LogP contribution in [0, 0.1) is 0 Å². The number of hydrogen-bond donors (Lipinski definition) is 1. The Hall–Kier alpha value is -3.41. The van der Waals surface area contributed by atoms with E-state index in [1.54, 1.807) is 6.20 Å². The molecule has 6 heteroatoms. The normalized spacial score (nSPS) is 14.7. The number of carbonyl (C=O) groups is 3. The minimum Gasteiger partial charge on any atom is -0.455 e. The van der Waals surface area contributed by atoms with E-state index in [2.05, 4.69) is 5.32 Å². The van der Waals surface area contributed by atoms with Gasteiger partial charge >= 0.3 is 5.97 Å². The number of para-hydroxylation sites is 1. The smallest absolute Gasteiger partial charge is 0.308 e. The maximum Gasteiger partial charge on any atom is 0.308 e. The molecule has 6 nitrogen and oxygen atoms in total. The summed E-state index contributed by atoms with van der Waals surface area (Å²) < 4.78 is 5.26. The number of esters is 1. The molecule has 0 spiro atoms. The van der Waals surface area contributed by atoms with Gasteiger partial charge in [-0.05, 0) is 41.2 Å². The van der Waals surface area contributed by atoms with Crippen molar-refractivity contribution in [3.63, 3.8) is 0 Å². The third kappa shape index (κ3) is 5.20. The summed E-state index contributed by atoms with van der Waals surface area (Å²) in [4.78, 5) is 38.6. The van der Waals surface area contributed by atoms with E-state index >= 15 is 0 Å². The van der Waals surface area contributed by atoms with Crippen LogP contribution in [0.25, 0.3) is 6.08 Å². The molecule has 2 aromatic carbocycles. The Morgan fingerprint density at radius 2 is 1.68 bits per heavy atom. The van der Waals surface area contributed by atoms with Crippen LogP contribution in [-0.2, 0) is 32.0 Å². The van der Waals surface area contributed by atoms with Gasteiger partial charge in [0.1, 0.15) is 0 Å². The second kappa shape index (κ2) is 10.1. The summed E-state index contributed by atoms with van der Waals surface area (Å²) in [5.74, 6) is -1.07. The minimum absolute atomic E-state index is 0.0278. The molecule has 162 valence electrons. The number of nitrogens with zero attached hydrogens (tertiary/aromatic N) is 1. The zero-order valence-corrected chi connectivity index (χ0v) is 18.2. The highest BCUT2D eigenvalue weighted by Crippen LogP contribution is 2.33. The number of aryl methyl sites for hydroxylation is 2. The fourth-order valence-corrected chi connectivity index (χ4v) is 3.85. The van der Waals surface area contributed by atoms with Crippen LogP contribution in [0.3, 0.4) is 0 Å². The van der Waals surface area contributed by atoms with Crippen LogP contribution in [0.1, 0.15) is 55.5 Å². The molecule has 0 saturated carbocycles. The van der Waals surface area contributed by atoms with Gasteiger partial charge in [-0.25, -0.2) is 0 Å². The fourth-order valence-electron chi connectivity index (χ4n) is 3.85. The van der Waals surface area contributed by atoms with E-state index < -0.39 is 12.0 Å². The number of carbonyl (C=O) groups excluding carboxylic acids is 3. The summed E-state index contributed by atoms with van der Waals surface area (Å²) >= 11 is 0. The van der Waals surface area contributed by atoms with Gasteiger partial charge in [-0.2, -0.15) is 0 Å². The first-order chi connectivity index (χ1) is 14.9. The number of amides is 2. The fraction of sp³-hybridized carbons (Fsp3) is 0.320. The summed E-state index contributed by atoms with van der Waals surface area (Å²) in [7, 11) is 0. The van der Waals surface area contributed by atoms with Crippen molar-refractivity contribution in [3.05, 3.63) is 70.9 Å². The van der Waals surface area contributed by atoms with E-state index in [1.165, 1.54) is 11.8 Å². The van der Waals surface area contributed by atoms with Crippen LogP contribution in [-0.4, -0.2) is 29.3 Å². The molecule has 2 aromatic rings. The van der Waals surface area contributed by atoms with Gasteiger partial charge in [-0.15, -0.1) is 0 Å². The Bertz CT molecular complexity index is 990. The van der Waals surface area contributed by atoms with E-state index in [9.17, 15) is 14.4 Å². The average molecular weight is 421 g/mol. The largest absolute Gasteiger partial charge is 0.455 e. The third-order valence-corrected chi connectivity index (χ3v) is 5.46. The zero-order chi connectivity index (χ0) is 22.4. The van der Waals surface area contributed by atoms with E-state index in [1.807, 2.05) is 62.4 Å². The first-order valence-corrected chi connectivity index (χ1v) is 10.6. The van der Waals surface area contributed by atoms with Crippen LogP contribution in [0.5, 0.6) is 0 Å². The molecular formula is C25H28N2O4. The van der Waals surface area contributed by atoms with Gasteiger partial charge in [0.15, 0.2) is 6.61 Å². The number of hydrogen-bond acceptors (Lipinski definition) is 4. The molecule has 0 bridgehead atoms. The molecule has 1 N–H and O–H groups in total. The van der Waals surface area contributed by atoms with Crippen molar-refractivity contribution in [3.8, 4) is 0 Å². The van der Waals surface area contributed by atoms with Gasteiger partial charge in [-0.3, -0.25) is 14.4 Å². The van der Waals surface area contributed by atoms with Crippen molar-refractivity contribution < 1.29 is 19.1 Å². The molecular weight excluding hydrogens is 392 g/mol. The molecule has 1 atom stereocenters. The average Bonchev–Trinajstić information content (AvgIpc) is 2.77. The first kappa shape index (κ1) is 22.3. The summed E-state index contributed by atoms with van der Waals surface area (Å²) in [6, 6.07) is 13.1. The summed E-state index contributed by atoms with van der Waals surface area (Å²) in [5.41, 5.74) is 4.72. The lowest BCUT2D eigenvalue weighted by Crippen LogP contribution is -2.33. The summed E-state index contributed by atoms with van der Waals surface area (Å²) in [6.07, 6.45) is 5.09. The molecule has 0 unspecified atom stereocenters. The highest BCUT2D eigenvalue weighted by molar-refractivity contribution is 5.94. The Kier molecular flexibility index (Phi) is 7.23. The number of rotatable bonds is 7. The monoisotopic (exact) mass is 420 g/mol. The zero-order valence-electron chi connectivity index (χ0n) is 18.2. The molecule has 0 fully saturated rings. The maximum atomic E-state index is 12.5. The van der Waals surface area contributed by atoms with Crippen molar-refractivity contribution in [2.75, 3.05) is 11.9 Å². The summed E-state index contributed by atoms with van der Waals surface area (Å²) in [6.45, 7) is 5.15. The van der Waals surface area contributed by atoms with Crippen LogP contribution in [0.15, 0.2) is 48.7 Å². The second-order valence-corrected chi connectivity index (χ2v) is 7.46. The van der Waals surface area contributed by atoms with Gasteiger partial charge in [0.25, 0.3) is 5.91 Å². The number of nitrogens with one attached hydrogen (secondary N) is 1. The molecule has 1 aliphatic heterocycles. The Balaban J connectivity index is 1.64. The molecule has 0 saturated heterocycles. The number of benzene rings is 2. The highest BCUT2D eigenvalue weighted by atomic mass is 16.5. The SMILES string of the molecule is CCc1cccc(CC)c1NC(=O)COC(=O)C[C@@H]1c2ccccc2C=CN1C(C)=O. The van der Waals surface area contributed by atoms with Crippen molar-refractivity contribution in [2.24, 2.45) is 0 Å². The maximum absolute atomic E-state index is 12.5. The van der Waals surface area contributed by atoms with Gasteiger partial charge < -0.3 is 15.0 Å². The van der Waals surface area contributed by atoms with Crippen LogP contribution >= 0.6 is 0 Å². The Labute approximate surface area is 182 Å². The van der Waals surface area contributed by atoms with Crippen molar-refractivity contribution in [1.29, 1.82) is 0 Å². The highest BCUT2D eigenvalue weighted by Gasteiger charge is 2.29. The lowest BCUT2D eigenvalue weighted by atomic mass is 9.94. The Morgan fingerprint density at radius 1 is 1.00 bits per heavy atom. The van der Waals surface area contributed by atoms with E-state index in [0.29, 0.717) is 0 Å². The predicted octanol–water partition coefficient (Wildman–Crippen LogP) is 4.26. The third-order valence-electron chi connectivity index (χ3n) is 5.46. The van der Waals surface area contributed by atoms with Gasteiger partial charge in [0.05, 0.1) is 12.5 Å². The molecule has 2 amide bonds. The second-order valence-electron chi connectivity index (χ2n) is 7.46. The standard InChI is InChI=1S/C25H28N2O4/c1-4-18-10-8-11-19(5-2)25(18)26-23(29)16-31-24(30)15-22-21-12-7-6-9-20(21)13-14-27(22)17(3)28/h6-14,22H,4-5,15-16H2,1-3H3,(H,26,29)/t22-/m1/s1. The quantitative estimate of drug-likeness (QED) is 0.679. The minimum atomic E-state index is -0.531. The molecule has 3 rings (SSSR count). The number of fused-ring (bicyclic) bond motifs is 1. The van der Waals surface area contributed by atoms with Crippen LogP contribution in [0.4, 0.5) is 5.69 Å². The Morgan fingerprint density at radius 3 is 2.32 bits per heavy atom. The van der Waals surface area contributed by atoms with Gasteiger partial charge in [0, 0.05) is 18.8 Å². The number of anilines is 1. The van der Waals surface area contributed by atoms with E-state index in [-0.39, 0.29) is 24.8 Å². The molecule has 0 aliphatic carbocycles. The van der Waals surface area contributed by atoms with Crippen molar-refractivity contribution in [1.82, 2.24) is 4.90 Å². The summed E-state index contributed by atoms with van der Waals surface area (Å²) in [5, 5.41) is 2.89. The molecule has 31 heavy (non-hydrogen) atoms.